The fourth-order valence-electron chi connectivity index (χ4n) is 0.612. The first-order chi connectivity index (χ1) is 5.93. The maximum absolute atomic E-state index is 4.18. The topological polar surface area (TPSA) is 24.9 Å². The van der Waals surface area contributed by atoms with Crippen molar-refractivity contribution in [2.75, 3.05) is 6.54 Å². The Balaban J connectivity index is 0.00000144. The van der Waals surface area contributed by atoms with Crippen LogP contribution in [0.2, 0.25) is 0 Å². The van der Waals surface area contributed by atoms with Crippen LogP contribution in [-0.4, -0.2) is 11.5 Å². The van der Waals surface area contributed by atoms with Gasteiger partial charge in [-0.1, -0.05) is 13.0 Å². The van der Waals surface area contributed by atoms with E-state index in [4.69, 9.17) is 0 Å². The molecule has 1 N–H and O–H groups in total. The molecule has 0 radical (unpaired) electrons. The van der Waals surface area contributed by atoms with Crippen molar-refractivity contribution < 1.29 is 0 Å². The van der Waals surface area contributed by atoms with E-state index in [9.17, 15) is 0 Å². The Morgan fingerprint density at radius 3 is 2.92 bits per heavy atom. The molecule has 0 bridgehead atoms. The van der Waals surface area contributed by atoms with Gasteiger partial charge in [0.2, 0.25) is 0 Å². The quantitative estimate of drug-likeness (QED) is 0.482. The third kappa shape index (κ3) is 6.21. The third-order valence-electron chi connectivity index (χ3n) is 1.18. The molecule has 0 aromatic carbocycles. The minimum atomic E-state index is 0. The summed E-state index contributed by atoms with van der Waals surface area (Å²) in [4.78, 5) is 4.18. The van der Waals surface area contributed by atoms with E-state index in [0.29, 0.717) is 0 Å². The minimum Gasteiger partial charge on any atom is -0.254 e. The highest BCUT2D eigenvalue weighted by molar-refractivity contribution is 8.76. The van der Waals surface area contributed by atoms with E-state index in [1.54, 1.807) is 21.8 Å². The number of nitrogens with zero attached hydrogens (tertiary/aromatic N) is 1. The number of hydrogen-bond donors (Lipinski definition) is 1. The number of rotatable bonds is 5. The van der Waals surface area contributed by atoms with Gasteiger partial charge in [0.15, 0.2) is 0 Å². The molecule has 0 amide bonds. The molecule has 0 aliphatic rings. The summed E-state index contributed by atoms with van der Waals surface area (Å²) in [6.45, 7) is 3.20. The Morgan fingerprint density at radius 1 is 1.46 bits per heavy atom. The molecule has 1 aromatic heterocycles. The summed E-state index contributed by atoms with van der Waals surface area (Å²) >= 11 is 0. The lowest BCUT2D eigenvalue weighted by molar-refractivity contribution is 0.881. The predicted molar refractivity (Wildman–Crippen MR) is 63.2 cm³/mol. The number of pyridine rings is 1. The van der Waals surface area contributed by atoms with E-state index in [-0.39, 0.29) is 12.4 Å². The summed E-state index contributed by atoms with van der Waals surface area (Å²) in [7, 11) is 3.29. The Kier molecular flexibility index (Phi) is 8.75. The van der Waals surface area contributed by atoms with Crippen LogP contribution in [0, 0.1) is 0 Å². The molecule has 0 spiro atoms. The third-order valence-corrected chi connectivity index (χ3v) is 3.11. The number of nitrogens with one attached hydrogen (secondary N) is 1. The first kappa shape index (κ1) is 13.1. The second kappa shape index (κ2) is 8.69. The summed E-state index contributed by atoms with van der Waals surface area (Å²) in [5, 5.41) is 1.05. The van der Waals surface area contributed by atoms with E-state index in [1.165, 1.54) is 0 Å². The Morgan fingerprint density at radius 2 is 2.31 bits per heavy atom. The molecular formula is C8H13ClN2S2. The van der Waals surface area contributed by atoms with Crippen molar-refractivity contribution in [3.63, 3.8) is 0 Å². The standard InChI is InChI=1S/C8H12N2S2.ClH/c1-2-6-10-12-11-8-5-3-4-7-9-8;/h3-5,7,10H,2,6H2,1H3;1H. The van der Waals surface area contributed by atoms with Crippen molar-refractivity contribution in [1.82, 2.24) is 9.71 Å². The average Bonchev–Trinajstić information content (AvgIpc) is 2.14. The summed E-state index contributed by atoms with van der Waals surface area (Å²) in [5.41, 5.74) is 0. The van der Waals surface area contributed by atoms with E-state index in [2.05, 4.69) is 16.6 Å². The summed E-state index contributed by atoms with van der Waals surface area (Å²) in [6, 6.07) is 5.93. The maximum atomic E-state index is 4.18. The van der Waals surface area contributed by atoms with Gasteiger partial charge in [0.25, 0.3) is 0 Å². The summed E-state index contributed by atoms with van der Waals surface area (Å²) < 4.78 is 3.22. The molecule has 2 nitrogen and oxygen atoms in total. The van der Waals surface area contributed by atoms with Crippen molar-refractivity contribution in [3.05, 3.63) is 24.4 Å². The van der Waals surface area contributed by atoms with Crippen molar-refractivity contribution in [3.8, 4) is 0 Å². The van der Waals surface area contributed by atoms with Crippen LogP contribution in [0.5, 0.6) is 0 Å². The van der Waals surface area contributed by atoms with Crippen molar-refractivity contribution in [2.45, 2.75) is 18.4 Å². The largest absolute Gasteiger partial charge is 0.254 e. The molecular weight excluding hydrogens is 224 g/mol. The molecule has 5 heteroatoms. The van der Waals surface area contributed by atoms with Crippen LogP contribution >= 0.6 is 34.2 Å². The molecule has 13 heavy (non-hydrogen) atoms. The fraction of sp³-hybridized carbons (Fsp3) is 0.375. The van der Waals surface area contributed by atoms with Gasteiger partial charge in [-0.05, 0) is 40.3 Å². The van der Waals surface area contributed by atoms with Crippen LogP contribution in [0.1, 0.15) is 13.3 Å². The molecule has 0 aliphatic heterocycles. The number of hydrogen-bond acceptors (Lipinski definition) is 4. The number of aromatic nitrogens is 1. The van der Waals surface area contributed by atoms with Gasteiger partial charge in [-0.15, -0.1) is 12.4 Å². The van der Waals surface area contributed by atoms with Gasteiger partial charge in [-0.25, -0.2) is 4.98 Å². The minimum absolute atomic E-state index is 0. The van der Waals surface area contributed by atoms with Gasteiger partial charge in [0, 0.05) is 12.7 Å². The van der Waals surface area contributed by atoms with Gasteiger partial charge >= 0.3 is 0 Å². The van der Waals surface area contributed by atoms with Crippen LogP contribution in [0.3, 0.4) is 0 Å². The second-order valence-corrected chi connectivity index (χ2v) is 4.27. The zero-order valence-corrected chi connectivity index (χ0v) is 9.85. The fourth-order valence-corrected chi connectivity index (χ4v) is 2.26. The van der Waals surface area contributed by atoms with Crippen LogP contribution in [0.25, 0.3) is 0 Å². The Bertz CT molecular complexity index is 209. The van der Waals surface area contributed by atoms with Crippen molar-refractivity contribution in [1.29, 1.82) is 0 Å². The highest BCUT2D eigenvalue weighted by Gasteiger charge is 1.92. The first-order valence-corrected chi connectivity index (χ1v) is 6.06. The molecule has 0 aliphatic carbocycles. The lowest BCUT2D eigenvalue weighted by atomic mass is 10.5. The first-order valence-electron chi connectivity index (χ1n) is 3.91. The zero-order chi connectivity index (χ0) is 8.65. The lowest BCUT2D eigenvalue weighted by Crippen LogP contribution is -2.01. The zero-order valence-electron chi connectivity index (χ0n) is 7.40. The van der Waals surface area contributed by atoms with Gasteiger partial charge in [0.05, 0.1) is 0 Å². The van der Waals surface area contributed by atoms with Crippen LogP contribution in [0.4, 0.5) is 0 Å². The maximum Gasteiger partial charge on any atom is 0.108 e. The lowest BCUT2D eigenvalue weighted by Gasteiger charge is -1.99. The molecule has 0 unspecified atom stereocenters. The average molecular weight is 237 g/mol. The highest BCUT2D eigenvalue weighted by Crippen LogP contribution is 2.25. The summed E-state index contributed by atoms with van der Waals surface area (Å²) in [6.07, 6.45) is 2.97. The molecule has 1 aromatic rings. The monoisotopic (exact) mass is 236 g/mol. The van der Waals surface area contributed by atoms with E-state index in [1.807, 2.05) is 24.4 Å². The molecule has 0 saturated carbocycles. The van der Waals surface area contributed by atoms with Crippen LogP contribution in [-0.2, 0) is 0 Å². The number of halogens is 1. The Hall–Kier alpha value is 0.1000. The smallest absolute Gasteiger partial charge is 0.108 e. The normalized spacial score (nSPS) is 9.31. The van der Waals surface area contributed by atoms with Gasteiger partial charge < -0.3 is 0 Å². The Labute approximate surface area is 93.2 Å². The molecule has 0 atom stereocenters. The van der Waals surface area contributed by atoms with Crippen LogP contribution < -0.4 is 4.72 Å². The van der Waals surface area contributed by atoms with E-state index in [0.717, 1.165) is 18.0 Å². The predicted octanol–water partition coefficient (Wildman–Crippen LogP) is 3.16. The van der Waals surface area contributed by atoms with Crippen molar-refractivity contribution in [2.24, 2.45) is 0 Å². The van der Waals surface area contributed by atoms with Gasteiger partial charge in [-0.3, -0.25) is 4.72 Å². The van der Waals surface area contributed by atoms with Gasteiger partial charge in [-0.2, -0.15) is 0 Å². The highest BCUT2D eigenvalue weighted by atomic mass is 35.5. The van der Waals surface area contributed by atoms with Crippen LogP contribution in [0.15, 0.2) is 29.4 Å². The second-order valence-electron chi connectivity index (χ2n) is 2.23. The van der Waals surface area contributed by atoms with Gasteiger partial charge in [0.1, 0.15) is 5.03 Å². The molecule has 0 saturated heterocycles. The molecule has 1 rings (SSSR count). The van der Waals surface area contributed by atoms with Crippen molar-refractivity contribution >= 4 is 34.2 Å². The van der Waals surface area contributed by atoms with E-state index < -0.39 is 0 Å². The van der Waals surface area contributed by atoms with E-state index >= 15 is 0 Å². The SMILES string of the molecule is CCCNSSc1ccccn1.Cl. The summed E-state index contributed by atoms with van der Waals surface area (Å²) in [5.74, 6) is 0. The molecule has 1 heterocycles. The molecule has 74 valence electrons. The molecule has 0 fully saturated rings.